The average Bonchev–Trinajstić information content (AvgIpc) is 2.27. The number of rotatable bonds is 3. The highest BCUT2D eigenvalue weighted by Crippen LogP contribution is 2.39. The van der Waals surface area contributed by atoms with E-state index in [4.69, 9.17) is 0 Å². The van der Waals surface area contributed by atoms with Crippen LogP contribution in [0.2, 0.25) is 0 Å². The normalized spacial score (nSPS) is 12.5. The first kappa shape index (κ1) is 18.1. The molecule has 0 aliphatic rings. The van der Waals surface area contributed by atoms with E-state index < -0.39 is 0 Å². The van der Waals surface area contributed by atoms with Crippen molar-refractivity contribution in [1.82, 2.24) is 0 Å². The zero-order chi connectivity index (χ0) is 16.4. The van der Waals surface area contributed by atoms with Crippen LogP contribution in [0.4, 0.5) is 0 Å². The largest absolute Gasteiger partial charge is 0.507 e. The third-order valence-electron chi connectivity index (χ3n) is 3.48. The number of carbonyl (C=O) groups is 1. The van der Waals surface area contributed by atoms with Gasteiger partial charge in [0.15, 0.2) is 5.12 Å². The van der Waals surface area contributed by atoms with Gasteiger partial charge in [-0.25, -0.2) is 0 Å². The number of phenolic OH excluding ortho intramolecular Hbond substituents is 1. The van der Waals surface area contributed by atoms with Gasteiger partial charge in [-0.2, -0.15) is 0 Å². The number of thioether (sulfide) groups is 1. The van der Waals surface area contributed by atoms with E-state index in [0.29, 0.717) is 5.75 Å². The maximum absolute atomic E-state index is 11.1. The van der Waals surface area contributed by atoms with Crippen LogP contribution < -0.4 is 0 Å². The SMILES string of the molecule is CC(=O)SCCc1cc(C(C)(C)C)c(O)c(C(C)(C)C)c1. The molecule has 3 heteroatoms. The Bertz CT molecular complexity index is 484. The molecule has 1 aromatic carbocycles. The van der Waals surface area contributed by atoms with Gasteiger partial charge >= 0.3 is 0 Å². The number of phenols is 1. The molecule has 1 N–H and O–H groups in total. The van der Waals surface area contributed by atoms with Crippen molar-refractivity contribution < 1.29 is 9.90 Å². The number of aromatic hydroxyl groups is 1. The fourth-order valence-corrected chi connectivity index (χ4v) is 2.92. The predicted octanol–water partition coefficient (Wildman–Crippen LogP) is 4.81. The number of hydrogen-bond donors (Lipinski definition) is 1. The second kappa shape index (κ2) is 6.43. The molecule has 1 rings (SSSR count). The zero-order valence-electron chi connectivity index (χ0n) is 14.3. The molecule has 0 amide bonds. The van der Waals surface area contributed by atoms with E-state index in [0.717, 1.165) is 23.3 Å². The molecule has 0 aliphatic carbocycles. The van der Waals surface area contributed by atoms with E-state index in [1.807, 2.05) is 0 Å². The lowest BCUT2D eigenvalue weighted by molar-refractivity contribution is -0.109. The topological polar surface area (TPSA) is 37.3 Å². The van der Waals surface area contributed by atoms with Crippen LogP contribution in [0.15, 0.2) is 12.1 Å². The Morgan fingerprint density at radius 1 is 1.05 bits per heavy atom. The van der Waals surface area contributed by atoms with Crippen LogP contribution in [0.1, 0.15) is 65.2 Å². The van der Waals surface area contributed by atoms with E-state index >= 15 is 0 Å². The van der Waals surface area contributed by atoms with Crippen molar-refractivity contribution in [2.75, 3.05) is 5.75 Å². The van der Waals surface area contributed by atoms with Gasteiger partial charge in [0.2, 0.25) is 0 Å². The molecular formula is C18H28O2S. The third kappa shape index (κ3) is 5.06. The van der Waals surface area contributed by atoms with Crippen molar-refractivity contribution in [3.8, 4) is 5.75 Å². The second-order valence-electron chi connectivity index (χ2n) is 7.63. The average molecular weight is 308 g/mol. The summed E-state index contributed by atoms with van der Waals surface area (Å²) >= 11 is 1.36. The van der Waals surface area contributed by atoms with Crippen LogP contribution in [-0.2, 0) is 22.0 Å². The molecule has 0 spiro atoms. The van der Waals surface area contributed by atoms with Crippen molar-refractivity contribution in [2.24, 2.45) is 0 Å². The van der Waals surface area contributed by atoms with Crippen LogP contribution in [0, 0.1) is 0 Å². The Balaban J connectivity index is 3.24. The van der Waals surface area contributed by atoms with Gasteiger partial charge in [0, 0.05) is 12.7 Å². The molecule has 0 bridgehead atoms. The standard InChI is InChI=1S/C18H28O2S/c1-12(19)21-9-8-13-10-14(17(2,3)4)16(20)15(11-13)18(5,6)7/h10-11,20H,8-9H2,1-7H3. The summed E-state index contributed by atoms with van der Waals surface area (Å²) in [6, 6.07) is 4.18. The van der Waals surface area contributed by atoms with Gasteiger partial charge < -0.3 is 5.11 Å². The number of carbonyl (C=O) groups excluding carboxylic acids is 1. The van der Waals surface area contributed by atoms with Crippen LogP contribution in [-0.4, -0.2) is 16.0 Å². The summed E-state index contributed by atoms with van der Waals surface area (Å²) in [5.74, 6) is 1.20. The van der Waals surface area contributed by atoms with Crippen LogP contribution >= 0.6 is 11.8 Å². The first-order valence-electron chi connectivity index (χ1n) is 7.43. The summed E-state index contributed by atoms with van der Waals surface area (Å²) in [5, 5.41) is 10.8. The van der Waals surface area contributed by atoms with Crippen molar-refractivity contribution in [3.05, 3.63) is 28.8 Å². The Kier molecular flexibility index (Phi) is 5.54. The molecule has 0 heterocycles. The molecule has 21 heavy (non-hydrogen) atoms. The molecule has 0 unspecified atom stereocenters. The van der Waals surface area contributed by atoms with Gasteiger partial charge in [0.1, 0.15) is 5.75 Å². The van der Waals surface area contributed by atoms with Gasteiger partial charge in [-0.1, -0.05) is 65.4 Å². The highest BCUT2D eigenvalue weighted by atomic mass is 32.2. The molecule has 0 aromatic heterocycles. The van der Waals surface area contributed by atoms with E-state index in [2.05, 4.69) is 53.7 Å². The quantitative estimate of drug-likeness (QED) is 0.870. The van der Waals surface area contributed by atoms with E-state index in [-0.39, 0.29) is 15.9 Å². The fraction of sp³-hybridized carbons (Fsp3) is 0.611. The van der Waals surface area contributed by atoms with Gasteiger partial charge in [-0.3, -0.25) is 4.79 Å². The third-order valence-corrected chi connectivity index (χ3v) is 4.30. The van der Waals surface area contributed by atoms with Crippen molar-refractivity contribution in [3.63, 3.8) is 0 Å². The maximum Gasteiger partial charge on any atom is 0.185 e. The molecular weight excluding hydrogens is 280 g/mol. The molecule has 1 aromatic rings. The van der Waals surface area contributed by atoms with Crippen molar-refractivity contribution in [2.45, 2.75) is 65.7 Å². The molecule has 0 fully saturated rings. The minimum Gasteiger partial charge on any atom is -0.507 e. The van der Waals surface area contributed by atoms with Gasteiger partial charge in [-0.05, 0) is 33.9 Å². The lowest BCUT2D eigenvalue weighted by Gasteiger charge is -2.28. The summed E-state index contributed by atoms with van der Waals surface area (Å²) < 4.78 is 0. The molecule has 0 saturated carbocycles. The Morgan fingerprint density at radius 2 is 1.48 bits per heavy atom. The summed E-state index contributed by atoms with van der Waals surface area (Å²) in [5.41, 5.74) is 2.95. The number of hydrogen-bond acceptors (Lipinski definition) is 3. The van der Waals surface area contributed by atoms with E-state index in [1.54, 1.807) is 6.92 Å². The van der Waals surface area contributed by atoms with Crippen LogP contribution in [0.25, 0.3) is 0 Å². The predicted molar refractivity (Wildman–Crippen MR) is 92.3 cm³/mol. The fourth-order valence-electron chi connectivity index (χ4n) is 2.29. The molecule has 0 saturated heterocycles. The first-order valence-corrected chi connectivity index (χ1v) is 8.41. The molecule has 0 radical (unpaired) electrons. The van der Waals surface area contributed by atoms with Gasteiger partial charge in [-0.15, -0.1) is 0 Å². The highest BCUT2D eigenvalue weighted by molar-refractivity contribution is 8.13. The van der Waals surface area contributed by atoms with Crippen LogP contribution in [0.5, 0.6) is 5.75 Å². The summed E-state index contributed by atoms with van der Waals surface area (Å²) in [6.07, 6.45) is 0.844. The molecule has 118 valence electrons. The Morgan fingerprint density at radius 3 is 1.81 bits per heavy atom. The maximum atomic E-state index is 11.1. The smallest absolute Gasteiger partial charge is 0.185 e. The minimum atomic E-state index is -0.103. The van der Waals surface area contributed by atoms with Crippen molar-refractivity contribution in [1.29, 1.82) is 0 Å². The van der Waals surface area contributed by atoms with Gasteiger partial charge in [0.05, 0.1) is 0 Å². The molecule has 0 atom stereocenters. The lowest BCUT2D eigenvalue weighted by Crippen LogP contribution is -2.18. The Labute approximate surface area is 133 Å². The molecule has 0 aliphatic heterocycles. The van der Waals surface area contributed by atoms with E-state index in [9.17, 15) is 9.90 Å². The Hall–Kier alpha value is -0.960. The zero-order valence-corrected chi connectivity index (χ0v) is 15.1. The highest BCUT2D eigenvalue weighted by Gasteiger charge is 2.26. The van der Waals surface area contributed by atoms with Crippen molar-refractivity contribution >= 4 is 16.9 Å². The summed E-state index contributed by atoms with van der Waals surface area (Å²) in [7, 11) is 0. The van der Waals surface area contributed by atoms with E-state index in [1.165, 1.54) is 17.3 Å². The van der Waals surface area contributed by atoms with Gasteiger partial charge in [0.25, 0.3) is 0 Å². The number of benzene rings is 1. The summed E-state index contributed by atoms with van der Waals surface area (Å²) in [4.78, 5) is 11.1. The monoisotopic (exact) mass is 308 g/mol. The minimum absolute atomic E-state index is 0.103. The van der Waals surface area contributed by atoms with Crippen LogP contribution in [0.3, 0.4) is 0 Å². The molecule has 2 nitrogen and oxygen atoms in total. The summed E-state index contributed by atoms with van der Waals surface area (Å²) in [6.45, 7) is 14.3. The number of aryl methyl sites for hydroxylation is 1. The first-order chi connectivity index (χ1) is 9.43. The lowest BCUT2D eigenvalue weighted by atomic mass is 9.78. The second-order valence-corrected chi connectivity index (χ2v) is 8.90.